The second-order valence-corrected chi connectivity index (χ2v) is 5.21. The van der Waals surface area contributed by atoms with E-state index in [4.69, 9.17) is 5.11 Å². The van der Waals surface area contributed by atoms with Crippen molar-refractivity contribution in [2.45, 2.75) is 70.8 Å². The summed E-state index contributed by atoms with van der Waals surface area (Å²) >= 11 is 0. The van der Waals surface area contributed by atoms with Crippen LogP contribution in [-0.2, 0) is 4.79 Å². The van der Waals surface area contributed by atoms with Crippen LogP contribution >= 0.6 is 0 Å². The minimum absolute atomic E-state index is 0.246. The highest BCUT2D eigenvalue weighted by atomic mass is 16.4. The fraction of sp³-hybridized carbons (Fsp3) is 0.611. The SMILES string of the molecule is CCCCCC(O)/C=C/C=C/CC/C=C/CCCC(=O)O. The van der Waals surface area contributed by atoms with Crippen molar-refractivity contribution in [3.8, 4) is 0 Å². The van der Waals surface area contributed by atoms with E-state index in [1.165, 1.54) is 12.8 Å². The molecule has 3 heteroatoms. The molecule has 0 fully saturated rings. The molecule has 0 spiro atoms. The Morgan fingerprint density at radius 3 is 2.43 bits per heavy atom. The number of aliphatic hydroxyl groups is 1. The summed E-state index contributed by atoms with van der Waals surface area (Å²) in [5.41, 5.74) is 0. The van der Waals surface area contributed by atoms with Crippen molar-refractivity contribution < 1.29 is 15.0 Å². The number of aliphatic hydroxyl groups excluding tert-OH is 1. The lowest BCUT2D eigenvalue weighted by Crippen LogP contribution is -2.00. The smallest absolute Gasteiger partial charge is 0.303 e. The highest BCUT2D eigenvalue weighted by Crippen LogP contribution is 2.04. The third kappa shape index (κ3) is 16.6. The van der Waals surface area contributed by atoms with E-state index < -0.39 is 5.97 Å². The minimum Gasteiger partial charge on any atom is -0.481 e. The van der Waals surface area contributed by atoms with Gasteiger partial charge in [0.2, 0.25) is 0 Å². The molecule has 0 aliphatic rings. The molecule has 1 unspecified atom stereocenters. The molecule has 0 aromatic rings. The molecule has 21 heavy (non-hydrogen) atoms. The Hall–Kier alpha value is -1.35. The quantitative estimate of drug-likeness (QED) is 0.296. The van der Waals surface area contributed by atoms with Crippen LogP contribution in [0.4, 0.5) is 0 Å². The highest BCUT2D eigenvalue weighted by molar-refractivity contribution is 5.66. The van der Waals surface area contributed by atoms with E-state index in [2.05, 4.69) is 19.1 Å². The van der Waals surface area contributed by atoms with Gasteiger partial charge in [-0.05, 0) is 32.1 Å². The van der Waals surface area contributed by atoms with Crippen LogP contribution < -0.4 is 0 Å². The number of hydrogen-bond donors (Lipinski definition) is 2. The van der Waals surface area contributed by atoms with E-state index in [1.807, 2.05) is 24.3 Å². The van der Waals surface area contributed by atoms with Crippen LogP contribution in [-0.4, -0.2) is 22.3 Å². The Labute approximate surface area is 129 Å². The maximum absolute atomic E-state index is 10.3. The largest absolute Gasteiger partial charge is 0.481 e. The van der Waals surface area contributed by atoms with Crippen LogP contribution in [0.25, 0.3) is 0 Å². The van der Waals surface area contributed by atoms with Gasteiger partial charge < -0.3 is 10.2 Å². The monoisotopic (exact) mass is 294 g/mol. The third-order valence-electron chi connectivity index (χ3n) is 3.11. The zero-order chi connectivity index (χ0) is 15.8. The molecule has 0 aliphatic heterocycles. The molecule has 3 nitrogen and oxygen atoms in total. The number of carboxylic acid groups (broad SMARTS) is 1. The topological polar surface area (TPSA) is 57.5 Å². The molecule has 120 valence electrons. The minimum atomic E-state index is -0.727. The van der Waals surface area contributed by atoms with Crippen LogP contribution in [0, 0.1) is 0 Å². The summed E-state index contributed by atoms with van der Waals surface area (Å²) in [5.74, 6) is -0.727. The predicted molar refractivity (Wildman–Crippen MR) is 88.3 cm³/mol. The average molecular weight is 294 g/mol. The highest BCUT2D eigenvalue weighted by Gasteiger charge is 1.96. The van der Waals surface area contributed by atoms with Gasteiger partial charge in [0.15, 0.2) is 0 Å². The van der Waals surface area contributed by atoms with Gasteiger partial charge in [-0.2, -0.15) is 0 Å². The maximum atomic E-state index is 10.3. The Bertz CT molecular complexity index is 329. The Morgan fingerprint density at radius 1 is 1.00 bits per heavy atom. The van der Waals surface area contributed by atoms with E-state index >= 15 is 0 Å². The first-order valence-corrected chi connectivity index (χ1v) is 8.05. The summed E-state index contributed by atoms with van der Waals surface area (Å²) < 4.78 is 0. The summed E-state index contributed by atoms with van der Waals surface area (Å²) in [4.78, 5) is 10.3. The zero-order valence-electron chi connectivity index (χ0n) is 13.2. The molecule has 0 aromatic carbocycles. The molecule has 0 rings (SSSR count). The van der Waals surface area contributed by atoms with Gasteiger partial charge in [-0.1, -0.05) is 62.6 Å². The van der Waals surface area contributed by atoms with Crippen LogP contribution in [0.1, 0.15) is 64.7 Å². The number of carbonyl (C=O) groups is 1. The van der Waals surface area contributed by atoms with Gasteiger partial charge in [-0.3, -0.25) is 4.79 Å². The van der Waals surface area contributed by atoms with Gasteiger partial charge in [-0.25, -0.2) is 0 Å². The summed E-state index contributed by atoms with van der Waals surface area (Å²) in [5, 5.41) is 18.1. The van der Waals surface area contributed by atoms with E-state index in [9.17, 15) is 9.90 Å². The molecule has 2 N–H and O–H groups in total. The van der Waals surface area contributed by atoms with Crippen LogP contribution in [0.5, 0.6) is 0 Å². The van der Waals surface area contributed by atoms with Crippen LogP contribution in [0.3, 0.4) is 0 Å². The first-order chi connectivity index (χ1) is 10.2. The molecule has 1 atom stereocenters. The number of carboxylic acids is 1. The fourth-order valence-electron chi connectivity index (χ4n) is 1.87. The van der Waals surface area contributed by atoms with Crippen molar-refractivity contribution in [1.82, 2.24) is 0 Å². The number of rotatable bonds is 13. The van der Waals surface area contributed by atoms with E-state index in [0.717, 1.165) is 32.1 Å². The molecular weight excluding hydrogens is 264 g/mol. The van der Waals surface area contributed by atoms with Gasteiger partial charge in [0, 0.05) is 6.42 Å². The normalized spacial score (nSPS) is 13.6. The van der Waals surface area contributed by atoms with Crippen LogP contribution in [0.2, 0.25) is 0 Å². The number of aliphatic carboxylic acids is 1. The lowest BCUT2D eigenvalue weighted by molar-refractivity contribution is -0.137. The second-order valence-electron chi connectivity index (χ2n) is 5.21. The first kappa shape index (κ1) is 19.7. The second kappa shape index (κ2) is 15.0. The first-order valence-electron chi connectivity index (χ1n) is 8.05. The van der Waals surface area contributed by atoms with E-state index in [-0.39, 0.29) is 12.5 Å². The van der Waals surface area contributed by atoms with Crippen molar-refractivity contribution in [3.05, 3.63) is 36.5 Å². The molecule has 0 saturated carbocycles. The van der Waals surface area contributed by atoms with Gasteiger partial charge in [0.05, 0.1) is 6.10 Å². The molecule has 0 heterocycles. The van der Waals surface area contributed by atoms with Crippen molar-refractivity contribution >= 4 is 5.97 Å². The van der Waals surface area contributed by atoms with Gasteiger partial charge >= 0.3 is 5.97 Å². The molecule has 0 aromatic heterocycles. The summed E-state index contributed by atoms with van der Waals surface area (Å²) in [6.45, 7) is 2.16. The van der Waals surface area contributed by atoms with Gasteiger partial charge in [0.25, 0.3) is 0 Å². The predicted octanol–water partition coefficient (Wildman–Crippen LogP) is 4.63. The van der Waals surface area contributed by atoms with Crippen molar-refractivity contribution in [3.63, 3.8) is 0 Å². The number of allylic oxidation sites excluding steroid dienone is 5. The lowest BCUT2D eigenvalue weighted by atomic mass is 10.1. The van der Waals surface area contributed by atoms with Gasteiger partial charge in [0.1, 0.15) is 0 Å². The molecule has 0 radical (unpaired) electrons. The average Bonchev–Trinajstić information content (AvgIpc) is 2.44. The molecule has 0 bridgehead atoms. The van der Waals surface area contributed by atoms with Gasteiger partial charge in [-0.15, -0.1) is 0 Å². The summed E-state index contributed by atoms with van der Waals surface area (Å²) in [6, 6.07) is 0. The lowest BCUT2D eigenvalue weighted by Gasteiger charge is -2.02. The zero-order valence-corrected chi connectivity index (χ0v) is 13.2. The third-order valence-corrected chi connectivity index (χ3v) is 3.11. The Morgan fingerprint density at radius 2 is 1.71 bits per heavy atom. The van der Waals surface area contributed by atoms with Crippen LogP contribution in [0.15, 0.2) is 36.5 Å². The van der Waals surface area contributed by atoms with Crippen molar-refractivity contribution in [2.24, 2.45) is 0 Å². The molecule has 0 saturated heterocycles. The van der Waals surface area contributed by atoms with E-state index in [1.54, 1.807) is 0 Å². The maximum Gasteiger partial charge on any atom is 0.303 e. The number of unbranched alkanes of at least 4 members (excludes halogenated alkanes) is 4. The summed E-state index contributed by atoms with van der Waals surface area (Å²) in [6.07, 6.45) is 19.6. The van der Waals surface area contributed by atoms with E-state index in [0.29, 0.717) is 6.42 Å². The van der Waals surface area contributed by atoms with Crippen molar-refractivity contribution in [2.75, 3.05) is 0 Å². The molecular formula is C18H30O3. The standard InChI is InChI=1S/C18H30O3/c1-2-3-11-14-17(19)15-12-9-7-5-4-6-8-10-13-16-18(20)21/h6-9,12,15,17,19H,2-5,10-11,13-14,16H2,1H3,(H,20,21)/b8-6+,9-7+,15-12+. The molecule has 0 aliphatic carbocycles. The number of hydrogen-bond acceptors (Lipinski definition) is 2. The Balaban J connectivity index is 3.50. The van der Waals surface area contributed by atoms with Crippen molar-refractivity contribution in [1.29, 1.82) is 0 Å². The fourth-order valence-corrected chi connectivity index (χ4v) is 1.87. The summed E-state index contributed by atoms with van der Waals surface area (Å²) in [7, 11) is 0. The Kier molecular flexibility index (Phi) is 14.1. The molecule has 0 amide bonds.